The second kappa shape index (κ2) is 4.96. The second-order valence-corrected chi connectivity index (χ2v) is 5.52. The number of hydrogen-bond donors (Lipinski definition) is 0. The van der Waals surface area contributed by atoms with E-state index in [2.05, 4.69) is 10.1 Å². The first-order chi connectivity index (χ1) is 9.97. The summed E-state index contributed by atoms with van der Waals surface area (Å²) in [5.74, 6) is -0.205. The molecule has 2 aromatic rings. The van der Waals surface area contributed by atoms with Crippen LogP contribution in [0.1, 0.15) is 41.8 Å². The molecule has 0 fully saturated rings. The third kappa shape index (κ3) is 2.31. The van der Waals surface area contributed by atoms with Crippen molar-refractivity contribution in [3.63, 3.8) is 0 Å². The number of carbonyl (C=O) groups is 2. The number of fused-ring (bicyclic) bond motifs is 1. The number of benzene rings is 1. The Kier molecular flexibility index (Phi) is 3.25. The van der Waals surface area contributed by atoms with E-state index in [1.54, 1.807) is 18.2 Å². The molecule has 1 aromatic carbocycles. The van der Waals surface area contributed by atoms with Gasteiger partial charge in [0.15, 0.2) is 5.82 Å². The molecule has 0 atom stereocenters. The van der Waals surface area contributed by atoms with Crippen LogP contribution in [0, 0.1) is 0 Å². The quantitative estimate of drug-likeness (QED) is 0.815. The monoisotopic (exact) mass is 305 g/mol. The van der Waals surface area contributed by atoms with Crippen LogP contribution in [0.4, 0.5) is 5.69 Å². The van der Waals surface area contributed by atoms with Crippen LogP contribution >= 0.6 is 11.6 Å². The molecule has 1 aliphatic heterocycles. The van der Waals surface area contributed by atoms with Gasteiger partial charge in [0.05, 0.1) is 17.8 Å². The summed E-state index contributed by atoms with van der Waals surface area (Å²) in [7, 11) is 0. The maximum atomic E-state index is 12.1. The Labute approximate surface area is 125 Å². The van der Waals surface area contributed by atoms with Crippen molar-refractivity contribution in [1.82, 2.24) is 10.1 Å². The first-order valence-corrected chi connectivity index (χ1v) is 6.83. The molecule has 108 valence electrons. The fourth-order valence-corrected chi connectivity index (χ4v) is 2.30. The van der Waals surface area contributed by atoms with E-state index in [4.69, 9.17) is 16.1 Å². The lowest BCUT2D eigenvalue weighted by Crippen LogP contribution is -2.29. The van der Waals surface area contributed by atoms with Crippen LogP contribution in [0.5, 0.6) is 0 Å². The number of amides is 1. The van der Waals surface area contributed by atoms with Gasteiger partial charge in [-0.15, -0.1) is 0 Å². The Morgan fingerprint density at radius 3 is 2.76 bits per heavy atom. The van der Waals surface area contributed by atoms with Gasteiger partial charge < -0.3 is 4.52 Å². The predicted octanol–water partition coefficient (Wildman–Crippen LogP) is 2.58. The Morgan fingerprint density at radius 1 is 1.33 bits per heavy atom. The molecule has 0 bridgehead atoms. The van der Waals surface area contributed by atoms with Crippen LogP contribution in [0.3, 0.4) is 0 Å². The van der Waals surface area contributed by atoms with E-state index < -0.39 is 11.7 Å². The lowest BCUT2D eigenvalue weighted by molar-refractivity contribution is -0.114. The maximum Gasteiger partial charge on any atom is 0.299 e. The first kappa shape index (κ1) is 13.8. The fraction of sp³-hybridized carbons (Fsp3) is 0.286. The SMILES string of the molecule is CC(C)c1nc(CN2C(=O)C(=O)c3ccc(Cl)cc32)no1. The molecule has 1 amide bonds. The molecular formula is C14H12ClN3O3. The molecule has 3 rings (SSSR count). The van der Waals surface area contributed by atoms with Gasteiger partial charge >= 0.3 is 0 Å². The summed E-state index contributed by atoms with van der Waals surface area (Å²) in [6.45, 7) is 3.93. The van der Waals surface area contributed by atoms with Crippen molar-refractivity contribution in [2.45, 2.75) is 26.3 Å². The summed E-state index contributed by atoms with van der Waals surface area (Å²) >= 11 is 5.93. The van der Waals surface area contributed by atoms with Crippen LogP contribution in [-0.4, -0.2) is 21.8 Å². The molecule has 0 radical (unpaired) electrons. The average molecular weight is 306 g/mol. The topological polar surface area (TPSA) is 76.3 Å². The van der Waals surface area contributed by atoms with Gasteiger partial charge in [0.1, 0.15) is 0 Å². The Hall–Kier alpha value is -2.21. The van der Waals surface area contributed by atoms with E-state index in [1.165, 1.54) is 4.90 Å². The predicted molar refractivity (Wildman–Crippen MR) is 75.4 cm³/mol. The van der Waals surface area contributed by atoms with Crippen LogP contribution < -0.4 is 4.90 Å². The average Bonchev–Trinajstić information content (AvgIpc) is 2.99. The van der Waals surface area contributed by atoms with Gasteiger partial charge in [-0.25, -0.2) is 0 Å². The Morgan fingerprint density at radius 2 is 2.10 bits per heavy atom. The van der Waals surface area contributed by atoms with Crippen molar-refractivity contribution in [1.29, 1.82) is 0 Å². The zero-order chi connectivity index (χ0) is 15.1. The lowest BCUT2D eigenvalue weighted by Gasteiger charge is -2.13. The van der Waals surface area contributed by atoms with Crippen molar-refractivity contribution in [3.05, 3.63) is 40.5 Å². The molecule has 1 aromatic heterocycles. The molecule has 0 unspecified atom stereocenters. The number of anilines is 1. The number of ketones is 1. The van der Waals surface area contributed by atoms with Gasteiger partial charge in [-0.05, 0) is 18.2 Å². The molecular weight excluding hydrogens is 294 g/mol. The minimum atomic E-state index is -0.608. The van der Waals surface area contributed by atoms with Crippen LogP contribution in [-0.2, 0) is 11.3 Å². The van der Waals surface area contributed by atoms with E-state index in [0.717, 1.165) is 0 Å². The smallest absolute Gasteiger partial charge is 0.299 e. The molecule has 2 heterocycles. The van der Waals surface area contributed by atoms with Crippen molar-refractivity contribution >= 4 is 29.0 Å². The molecule has 0 saturated heterocycles. The second-order valence-electron chi connectivity index (χ2n) is 5.09. The number of carbonyl (C=O) groups excluding carboxylic acids is 2. The molecule has 6 nitrogen and oxygen atoms in total. The normalized spacial score (nSPS) is 14.2. The number of nitrogens with zero attached hydrogens (tertiary/aromatic N) is 3. The van der Waals surface area contributed by atoms with Gasteiger partial charge in [-0.1, -0.05) is 30.6 Å². The summed E-state index contributed by atoms with van der Waals surface area (Å²) in [5.41, 5.74) is 0.824. The Balaban J connectivity index is 1.94. The summed E-state index contributed by atoms with van der Waals surface area (Å²) < 4.78 is 5.10. The highest BCUT2D eigenvalue weighted by Gasteiger charge is 2.36. The standard InChI is InChI=1S/C14H12ClN3O3/c1-7(2)13-16-11(17-21-13)6-18-10-5-8(15)3-4-9(10)12(19)14(18)20/h3-5,7H,6H2,1-2H3. The van der Waals surface area contributed by atoms with E-state index >= 15 is 0 Å². The molecule has 0 saturated carbocycles. The van der Waals surface area contributed by atoms with Crippen molar-refractivity contribution in [2.75, 3.05) is 4.90 Å². The fourth-order valence-electron chi connectivity index (χ4n) is 2.13. The zero-order valence-electron chi connectivity index (χ0n) is 11.5. The van der Waals surface area contributed by atoms with E-state index in [-0.39, 0.29) is 12.5 Å². The van der Waals surface area contributed by atoms with Crippen LogP contribution in [0.25, 0.3) is 0 Å². The number of hydrogen-bond acceptors (Lipinski definition) is 5. The van der Waals surface area contributed by atoms with Gasteiger partial charge in [0.25, 0.3) is 11.7 Å². The molecule has 0 N–H and O–H groups in total. The van der Waals surface area contributed by atoms with Crippen LogP contribution in [0.15, 0.2) is 22.7 Å². The van der Waals surface area contributed by atoms with Crippen molar-refractivity contribution < 1.29 is 14.1 Å². The third-order valence-electron chi connectivity index (χ3n) is 3.21. The van der Waals surface area contributed by atoms with Gasteiger partial charge in [0.2, 0.25) is 5.89 Å². The van der Waals surface area contributed by atoms with Crippen molar-refractivity contribution in [3.8, 4) is 0 Å². The number of aromatic nitrogens is 2. The minimum absolute atomic E-state index is 0.0775. The van der Waals surface area contributed by atoms with E-state index in [9.17, 15) is 9.59 Å². The molecule has 0 aliphatic carbocycles. The highest BCUT2D eigenvalue weighted by atomic mass is 35.5. The molecule has 21 heavy (non-hydrogen) atoms. The van der Waals surface area contributed by atoms with Gasteiger partial charge in [-0.2, -0.15) is 4.98 Å². The lowest BCUT2D eigenvalue weighted by atomic mass is 10.1. The molecule has 0 spiro atoms. The third-order valence-corrected chi connectivity index (χ3v) is 3.45. The number of Topliss-reactive ketones (excluding diaryl/α,β-unsaturated/α-hetero) is 1. The largest absolute Gasteiger partial charge is 0.339 e. The number of rotatable bonds is 3. The molecule has 1 aliphatic rings. The zero-order valence-corrected chi connectivity index (χ0v) is 12.2. The van der Waals surface area contributed by atoms with Crippen molar-refractivity contribution in [2.24, 2.45) is 0 Å². The summed E-state index contributed by atoms with van der Waals surface area (Å²) in [6, 6.07) is 4.72. The maximum absolute atomic E-state index is 12.1. The van der Waals surface area contributed by atoms with Crippen LogP contribution in [0.2, 0.25) is 5.02 Å². The number of halogens is 1. The molecule has 7 heteroatoms. The van der Waals surface area contributed by atoms with E-state index in [1.807, 2.05) is 13.8 Å². The Bertz CT molecular complexity index is 739. The first-order valence-electron chi connectivity index (χ1n) is 6.45. The minimum Gasteiger partial charge on any atom is -0.339 e. The summed E-state index contributed by atoms with van der Waals surface area (Å²) in [4.78, 5) is 29.5. The van der Waals surface area contributed by atoms with Gasteiger partial charge in [-0.3, -0.25) is 14.5 Å². The van der Waals surface area contributed by atoms with Gasteiger partial charge in [0, 0.05) is 10.9 Å². The summed E-state index contributed by atoms with van der Waals surface area (Å²) in [5, 5.41) is 4.29. The summed E-state index contributed by atoms with van der Waals surface area (Å²) in [6.07, 6.45) is 0. The highest BCUT2D eigenvalue weighted by Crippen LogP contribution is 2.32. The van der Waals surface area contributed by atoms with E-state index in [0.29, 0.717) is 28.0 Å². The highest BCUT2D eigenvalue weighted by molar-refractivity contribution is 6.52.